The van der Waals surface area contributed by atoms with Gasteiger partial charge in [0.05, 0.1) is 18.7 Å². The molecule has 1 aromatic carbocycles. The van der Waals surface area contributed by atoms with Gasteiger partial charge in [-0.15, -0.1) is 0 Å². The number of phenols is 1. The number of carboxylic acids is 1. The fraction of sp³-hybridized carbons (Fsp3) is 0.409. The van der Waals surface area contributed by atoms with Crippen molar-refractivity contribution >= 4 is 17.8 Å². The number of rotatable bonds is 9. The van der Waals surface area contributed by atoms with E-state index in [0.29, 0.717) is 11.1 Å². The molecule has 3 rings (SSSR count). The Kier molecular flexibility index (Phi) is 8.66. The fourth-order valence-electron chi connectivity index (χ4n) is 3.75. The van der Waals surface area contributed by atoms with Crippen LogP contribution in [0.3, 0.4) is 0 Å². The van der Waals surface area contributed by atoms with E-state index in [0.717, 1.165) is 0 Å². The number of carbonyl (C=O) groups excluding carboxylic acids is 2. The Morgan fingerprint density at radius 3 is 2.68 bits per heavy atom. The fourth-order valence-corrected chi connectivity index (χ4v) is 3.75. The van der Waals surface area contributed by atoms with Gasteiger partial charge >= 0.3 is 23.5 Å². The quantitative estimate of drug-likeness (QED) is 0.113. The van der Waals surface area contributed by atoms with Crippen molar-refractivity contribution in [2.45, 2.75) is 50.6 Å². The second-order valence-corrected chi connectivity index (χ2v) is 8.36. The van der Waals surface area contributed by atoms with Crippen molar-refractivity contribution in [1.29, 1.82) is 0 Å². The summed E-state index contributed by atoms with van der Waals surface area (Å²) in [6.45, 7) is 1.08. The molecule has 2 heterocycles. The molecule has 0 saturated carbocycles. The Morgan fingerprint density at radius 1 is 1.32 bits per heavy atom. The topological polar surface area (TPSA) is 226 Å². The van der Waals surface area contributed by atoms with Gasteiger partial charge in [0.1, 0.15) is 24.5 Å². The highest BCUT2D eigenvalue weighted by Gasteiger charge is 2.36. The minimum atomic E-state index is -1.44. The number of aromatic nitrogens is 2. The lowest BCUT2D eigenvalue weighted by molar-refractivity contribution is -0.159. The molecule has 1 aromatic heterocycles. The molecule has 1 saturated heterocycles. The summed E-state index contributed by atoms with van der Waals surface area (Å²) in [5.41, 5.74) is 8.50. The average Bonchev–Trinajstić information content (AvgIpc) is 3.23. The number of nitrogens with one attached hydrogen (secondary N) is 2. The van der Waals surface area contributed by atoms with Gasteiger partial charge in [0, 0.05) is 23.1 Å². The van der Waals surface area contributed by atoms with Crippen molar-refractivity contribution in [3.8, 4) is 5.75 Å². The van der Waals surface area contributed by atoms with Crippen LogP contribution in [0, 0.1) is 6.92 Å². The van der Waals surface area contributed by atoms with Crippen molar-refractivity contribution in [2.24, 2.45) is 5.11 Å². The number of nitrogens with zero attached hydrogens (tertiary/aromatic N) is 4. The predicted octanol–water partition coefficient (Wildman–Crippen LogP) is -0.258. The van der Waals surface area contributed by atoms with E-state index in [1.165, 1.54) is 42.0 Å². The van der Waals surface area contributed by atoms with E-state index >= 15 is 0 Å². The van der Waals surface area contributed by atoms with Crippen LogP contribution in [0.15, 0.2) is 45.2 Å². The lowest BCUT2D eigenvalue weighted by atomic mass is 10.1. The number of ether oxygens (including phenoxy) is 2. The molecule has 0 aliphatic carbocycles. The van der Waals surface area contributed by atoms with Gasteiger partial charge in [0.25, 0.3) is 5.56 Å². The Morgan fingerprint density at radius 2 is 2.03 bits per heavy atom. The predicted molar refractivity (Wildman–Crippen MR) is 125 cm³/mol. The largest absolute Gasteiger partial charge is 0.508 e. The number of aliphatic carboxylic acids is 1. The van der Waals surface area contributed by atoms with E-state index < -0.39 is 60.0 Å². The zero-order chi connectivity index (χ0) is 27.1. The molecule has 4 atom stereocenters. The first kappa shape index (κ1) is 27.0. The second kappa shape index (κ2) is 11.9. The number of esters is 1. The standard InChI is InChI=1S/C22H24N6O9/c1-11-8-28(22(35)25-18(11)30)9-14-7-15(26-27-23)17(37-14)10-36-21(34)19(31)24-16(20(32)33)6-12-2-4-13(29)5-3-12/h2-5,8,14-17,29H,6-7,9-10H2,1H3,(H,24,31)(H,32,33)(H,25,30,35)/t14-,15?,16+,17-/m1/s1. The Bertz CT molecular complexity index is 1330. The number of benzene rings is 1. The first-order valence-corrected chi connectivity index (χ1v) is 11.1. The number of amides is 1. The van der Waals surface area contributed by atoms with Gasteiger partial charge in [0.2, 0.25) is 0 Å². The maximum absolute atomic E-state index is 12.2. The molecule has 1 aliphatic heterocycles. The van der Waals surface area contributed by atoms with Crippen molar-refractivity contribution in [1.82, 2.24) is 14.9 Å². The molecule has 1 aliphatic rings. The lowest BCUT2D eigenvalue weighted by Crippen LogP contribution is -2.46. The van der Waals surface area contributed by atoms with Gasteiger partial charge in [-0.05, 0) is 36.6 Å². The molecule has 2 aromatic rings. The molecule has 15 heteroatoms. The number of hydrogen-bond donors (Lipinski definition) is 4. The molecule has 37 heavy (non-hydrogen) atoms. The summed E-state index contributed by atoms with van der Waals surface area (Å²) in [4.78, 5) is 64.5. The monoisotopic (exact) mass is 516 g/mol. The molecule has 0 spiro atoms. The maximum Gasteiger partial charge on any atom is 0.396 e. The van der Waals surface area contributed by atoms with Crippen LogP contribution in [0.25, 0.3) is 10.4 Å². The van der Waals surface area contributed by atoms with Crippen LogP contribution < -0.4 is 16.6 Å². The van der Waals surface area contributed by atoms with E-state index in [9.17, 15) is 34.2 Å². The number of aromatic amines is 1. The second-order valence-electron chi connectivity index (χ2n) is 8.36. The maximum atomic E-state index is 12.2. The first-order chi connectivity index (χ1) is 17.6. The van der Waals surface area contributed by atoms with Gasteiger partial charge in [0.15, 0.2) is 0 Å². The Hall–Kier alpha value is -4.62. The van der Waals surface area contributed by atoms with Crippen LogP contribution >= 0.6 is 0 Å². The number of H-pyrrole nitrogens is 1. The van der Waals surface area contributed by atoms with Crippen LogP contribution in [0.1, 0.15) is 17.5 Å². The molecule has 1 unspecified atom stereocenters. The summed E-state index contributed by atoms with van der Waals surface area (Å²) in [6, 6.07) is 3.45. The third-order valence-corrected chi connectivity index (χ3v) is 5.63. The highest BCUT2D eigenvalue weighted by molar-refractivity contribution is 6.32. The molecule has 0 bridgehead atoms. The van der Waals surface area contributed by atoms with Gasteiger partial charge in [-0.2, -0.15) is 0 Å². The Labute approximate surface area is 208 Å². The van der Waals surface area contributed by atoms with Crippen molar-refractivity contribution in [3.05, 3.63) is 72.9 Å². The van der Waals surface area contributed by atoms with Gasteiger partial charge in [-0.1, -0.05) is 17.2 Å². The molecule has 196 valence electrons. The number of carboxylic acid groups (broad SMARTS) is 1. The van der Waals surface area contributed by atoms with E-state index in [-0.39, 0.29) is 25.1 Å². The first-order valence-electron chi connectivity index (χ1n) is 11.1. The van der Waals surface area contributed by atoms with Crippen LogP contribution in [-0.4, -0.2) is 68.5 Å². The molecular formula is C22H24N6O9. The minimum Gasteiger partial charge on any atom is -0.508 e. The summed E-state index contributed by atoms with van der Waals surface area (Å²) < 4.78 is 12.0. The van der Waals surface area contributed by atoms with Crippen LogP contribution in [0.4, 0.5) is 0 Å². The lowest BCUT2D eigenvalue weighted by Gasteiger charge is -2.17. The van der Waals surface area contributed by atoms with E-state index in [1.54, 1.807) is 0 Å². The zero-order valence-electron chi connectivity index (χ0n) is 19.6. The summed E-state index contributed by atoms with van der Waals surface area (Å²) in [6.07, 6.45) is -0.161. The number of phenolic OH excluding ortho intramolecular Hbond substituents is 1. The van der Waals surface area contributed by atoms with Crippen LogP contribution in [0.2, 0.25) is 0 Å². The number of hydrogen-bond acceptors (Lipinski definition) is 9. The van der Waals surface area contributed by atoms with Gasteiger partial charge in [-0.25, -0.2) is 14.4 Å². The van der Waals surface area contributed by atoms with Crippen molar-refractivity contribution in [3.63, 3.8) is 0 Å². The normalized spacial score (nSPS) is 19.4. The molecular weight excluding hydrogens is 492 g/mol. The number of carbonyl (C=O) groups is 3. The highest BCUT2D eigenvalue weighted by atomic mass is 16.6. The summed E-state index contributed by atoms with van der Waals surface area (Å²) >= 11 is 0. The number of aryl methyl sites for hydroxylation is 1. The third-order valence-electron chi connectivity index (χ3n) is 5.63. The summed E-state index contributed by atoms with van der Waals surface area (Å²) in [5.74, 6) is -4.06. The van der Waals surface area contributed by atoms with E-state index in [1.807, 2.05) is 0 Å². The molecule has 15 nitrogen and oxygen atoms in total. The third kappa shape index (κ3) is 7.19. The van der Waals surface area contributed by atoms with E-state index in [2.05, 4.69) is 20.3 Å². The average molecular weight is 516 g/mol. The minimum absolute atomic E-state index is 0.0143. The highest BCUT2D eigenvalue weighted by Crippen LogP contribution is 2.25. The number of azide groups is 1. The SMILES string of the molecule is Cc1cn(C[C@H]2CC(N=[N+]=[N-])[C@@H](COC(=O)C(=O)N[C@@H](Cc3ccc(O)cc3)C(=O)O)O2)c(=O)[nH]c1=O. The van der Waals surface area contributed by atoms with Crippen molar-refractivity contribution < 1.29 is 34.1 Å². The van der Waals surface area contributed by atoms with Crippen LogP contribution in [0.5, 0.6) is 5.75 Å². The zero-order valence-corrected chi connectivity index (χ0v) is 19.6. The molecule has 1 amide bonds. The van der Waals surface area contributed by atoms with Gasteiger partial charge in [-0.3, -0.25) is 19.1 Å². The molecule has 4 N–H and O–H groups in total. The Balaban J connectivity index is 1.58. The molecule has 1 fully saturated rings. The molecule has 0 radical (unpaired) electrons. The number of aromatic hydroxyl groups is 1. The van der Waals surface area contributed by atoms with Crippen LogP contribution in [-0.2, 0) is 36.8 Å². The van der Waals surface area contributed by atoms with Gasteiger partial charge < -0.3 is 25.0 Å². The van der Waals surface area contributed by atoms with E-state index in [4.69, 9.17) is 15.0 Å². The van der Waals surface area contributed by atoms with Crippen molar-refractivity contribution in [2.75, 3.05) is 6.61 Å². The smallest absolute Gasteiger partial charge is 0.396 e. The summed E-state index contributed by atoms with van der Waals surface area (Å²) in [7, 11) is 0. The summed E-state index contributed by atoms with van der Waals surface area (Å²) in [5, 5.41) is 24.4.